The molecule has 8 nitrogen and oxygen atoms in total. The average Bonchev–Trinajstić information content (AvgIpc) is 2.25. The van der Waals surface area contributed by atoms with Gasteiger partial charge in [-0.15, -0.1) is 0 Å². The Morgan fingerprint density at radius 3 is 2.44 bits per heavy atom. The number of hydrogen-bond donors (Lipinski definition) is 1. The van der Waals surface area contributed by atoms with Crippen LogP contribution in [0.3, 0.4) is 0 Å². The van der Waals surface area contributed by atoms with E-state index in [0.717, 1.165) is 7.11 Å². The summed E-state index contributed by atoms with van der Waals surface area (Å²) in [5.74, 6) is -0.724. The van der Waals surface area contributed by atoms with Crippen LogP contribution in [0.15, 0.2) is 11.1 Å². The van der Waals surface area contributed by atoms with E-state index in [0.29, 0.717) is 6.20 Å². The maximum absolute atomic E-state index is 12.8. The molecule has 0 fully saturated rings. The molecule has 0 aliphatic rings. The van der Waals surface area contributed by atoms with Crippen LogP contribution in [0, 0.1) is 10.1 Å². The molecule has 0 unspecified atom stereocenters. The predicted octanol–water partition coefficient (Wildman–Crippen LogP) is 0.583. The van der Waals surface area contributed by atoms with Gasteiger partial charge in [0.1, 0.15) is 11.8 Å². The van der Waals surface area contributed by atoms with Gasteiger partial charge in [0.25, 0.3) is 12.1 Å². The average molecular weight is 283 g/mol. The third-order valence-electron chi connectivity index (χ3n) is 1.91. The Hall–Kier alpha value is -1.88. The molecule has 0 aliphatic carbocycles. The lowest BCUT2D eigenvalue weighted by Crippen LogP contribution is -2.18. The van der Waals surface area contributed by atoms with Crippen LogP contribution in [-0.2, 0) is 10.0 Å². The maximum atomic E-state index is 12.8. The molecule has 2 N–H and O–H groups in total. The molecule has 18 heavy (non-hydrogen) atoms. The first-order chi connectivity index (χ1) is 8.20. The van der Waals surface area contributed by atoms with Crippen LogP contribution in [0.1, 0.15) is 12.0 Å². The van der Waals surface area contributed by atoms with E-state index in [-0.39, 0.29) is 0 Å². The number of hydrogen-bond acceptors (Lipinski definition) is 6. The molecule has 1 aromatic rings. The van der Waals surface area contributed by atoms with Gasteiger partial charge in [-0.05, 0) is 0 Å². The van der Waals surface area contributed by atoms with E-state index in [9.17, 15) is 27.3 Å². The van der Waals surface area contributed by atoms with Crippen LogP contribution in [0.4, 0.5) is 14.5 Å². The summed E-state index contributed by atoms with van der Waals surface area (Å²) in [5, 5.41) is 15.3. The van der Waals surface area contributed by atoms with Crippen LogP contribution in [0.25, 0.3) is 0 Å². The number of nitrogens with two attached hydrogens (primary N) is 1. The molecular formula is C7H7F2N3O5S. The number of alkyl halides is 2. The number of aromatic nitrogens is 1. The van der Waals surface area contributed by atoms with Crippen LogP contribution in [0.5, 0.6) is 5.88 Å². The van der Waals surface area contributed by atoms with Crippen molar-refractivity contribution in [3.8, 4) is 5.88 Å². The standard InChI is InChI=1S/C7H7F2N3O5S/c1-17-7-5(18(10,15)16)4(6(8)9)3(2-11-7)12(13)14/h2,6H,1H3,(H2,10,15,16). The van der Waals surface area contributed by atoms with Crippen molar-refractivity contribution in [1.82, 2.24) is 4.98 Å². The Morgan fingerprint density at radius 2 is 2.11 bits per heavy atom. The highest BCUT2D eigenvalue weighted by molar-refractivity contribution is 7.89. The van der Waals surface area contributed by atoms with Gasteiger partial charge in [-0.2, -0.15) is 0 Å². The minimum Gasteiger partial charge on any atom is -0.480 e. The predicted molar refractivity (Wildman–Crippen MR) is 53.8 cm³/mol. The molecule has 0 bridgehead atoms. The van der Waals surface area contributed by atoms with Crippen molar-refractivity contribution in [2.45, 2.75) is 11.3 Å². The highest BCUT2D eigenvalue weighted by atomic mass is 32.2. The smallest absolute Gasteiger partial charge is 0.298 e. The second-order valence-corrected chi connectivity index (χ2v) is 4.50. The summed E-state index contributed by atoms with van der Waals surface area (Å²) in [6.45, 7) is 0. The van der Waals surface area contributed by atoms with Crippen molar-refractivity contribution in [2.24, 2.45) is 5.14 Å². The molecule has 0 saturated carbocycles. The summed E-state index contributed by atoms with van der Waals surface area (Å²) < 4.78 is 52.5. The molecule has 0 amide bonds. The van der Waals surface area contributed by atoms with Crippen molar-refractivity contribution in [1.29, 1.82) is 0 Å². The van der Waals surface area contributed by atoms with Crippen LogP contribution in [-0.4, -0.2) is 25.4 Å². The topological polar surface area (TPSA) is 125 Å². The van der Waals surface area contributed by atoms with Crippen LogP contribution in [0.2, 0.25) is 0 Å². The minimum atomic E-state index is -4.65. The molecule has 11 heteroatoms. The summed E-state index contributed by atoms with van der Waals surface area (Å²) in [7, 11) is -3.68. The first kappa shape index (κ1) is 14.2. The summed E-state index contributed by atoms with van der Waals surface area (Å²) in [5.41, 5.74) is -2.48. The lowest BCUT2D eigenvalue weighted by atomic mass is 10.2. The number of ether oxygens (including phenoxy) is 1. The third-order valence-corrected chi connectivity index (χ3v) is 2.88. The molecule has 0 aliphatic heterocycles. The largest absolute Gasteiger partial charge is 0.480 e. The van der Waals surface area contributed by atoms with E-state index >= 15 is 0 Å². The summed E-state index contributed by atoms with van der Waals surface area (Å²) >= 11 is 0. The maximum Gasteiger partial charge on any atom is 0.298 e. The normalized spacial score (nSPS) is 11.6. The van der Waals surface area contributed by atoms with E-state index in [1.165, 1.54) is 0 Å². The van der Waals surface area contributed by atoms with Gasteiger partial charge in [0.2, 0.25) is 15.9 Å². The van der Waals surface area contributed by atoms with E-state index < -0.39 is 43.4 Å². The fourth-order valence-corrected chi connectivity index (χ4v) is 2.14. The van der Waals surface area contributed by atoms with Crippen molar-refractivity contribution < 1.29 is 26.9 Å². The number of nitrogens with zero attached hydrogens (tertiary/aromatic N) is 2. The monoisotopic (exact) mass is 283 g/mol. The van der Waals surface area contributed by atoms with Gasteiger partial charge in [-0.25, -0.2) is 27.3 Å². The van der Waals surface area contributed by atoms with Crippen LogP contribution >= 0.6 is 0 Å². The first-order valence-electron chi connectivity index (χ1n) is 4.22. The van der Waals surface area contributed by atoms with E-state index in [4.69, 9.17) is 5.14 Å². The molecular weight excluding hydrogens is 276 g/mol. The number of nitro groups is 1. The molecule has 1 aromatic heterocycles. The van der Waals surface area contributed by atoms with Gasteiger partial charge in [0.15, 0.2) is 4.90 Å². The molecule has 1 heterocycles. The zero-order valence-electron chi connectivity index (χ0n) is 8.83. The van der Waals surface area contributed by atoms with E-state index in [1.54, 1.807) is 0 Å². The zero-order valence-corrected chi connectivity index (χ0v) is 9.65. The van der Waals surface area contributed by atoms with Gasteiger partial charge in [0.05, 0.1) is 12.0 Å². The highest BCUT2D eigenvalue weighted by Gasteiger charge is 2.34. The van der Waals surface area contributed by atoms with Crippen molar-refractivity contribution in [2.75, 3.05) is 7.11 Å². The fraction of sp³-hybridized carbons (Fsp3) is 0.286. The van der Waals surface area contributed by atoms with Gasteiger partial charge < -0.3 is 4.74 Å². The Labute approximate surface area is 99.6 Å². The van der Waals surface area contributed by atoms with Gasteiger partial charge in [-0.3, -0.25) is 10.1 Å². The quantitative estimate of drug-likeness (QED) is 0.636. The van der Waals surface area contributed by atoms with Crippen molar-refractivity contribution >= 4 is 15.7 Å². The molecule has 1 rings (SSSR count). The highest BCUT2D eigenvalue weighted by Crippen LogP contribution is 2.37. The number of primary sulfonamides is 1. The van der Waals surface area contributed by atoms with E-state index in [2.05, 4.69) is 9.72 Å². The first-order valence-corrected chi connectivity index (χ1v) is 5.77. The molecule has 0 radical (unpaired) electrons. The number of pyridine rings is 1. The summed E-state index contributed by atoms with van der Waals surface area (Å²) in [6, 6.07) is 0. The van der Waals surface area contributed by atoms with E-state index in [1.807, 2.05) is 0 Å². The zero-order chi connectivity index (χ0) is 14.1. The number of sulfonamides is 1. The molecule has 0 atom stereocenters. The van der Waals surface area contributed by atoms with Crippen molar-refractivity contribution in [3.63, 3.8) is 0 Å². The lowest BCUT2D eigenvalue weighted by Gasteiger charge is -2.10. The van der Waals surface area contributed by atoms with Gasteiger partial charge in [-0.1, -0.05) is 0 Å². The minimum absolute atomic E-state index is 0.481. The second-order valence-electron chi connectivity index (χ2n) is 3.00. The number of halogens is 2. The Bertz CT molecular complexity index is 589. The molecule has 0 saturated heterocycles. The van der Waals surface area contributed by atoms with Gasteiger partial charge >= 0.3 is 0 Å². The summed E-state index contributed by atoms with van der Waals surface area (Å²) in [4.78, 5) is 11.5. The fourth-order valence-electron chi connectivity index (χ4n) is 1.26. The molecule has 0 aromatic carbocycles. The lowest BCUT2D eigenvalue weighted by molar-refractivity contribution is -0.386. The van der Waals surface area contributed by atoms with Crippen LogP contribution < -0.4 is 9.88 Å². The molecule has 100 valence electrons. The number of methoxy groups -OCH3 is 1. The Balaban J connectivity index is 3.82. The number of rotatable bonds is 4. The summed E-state index contributed by atoms with van der Waals surface area (Å²) in [6.07, 6.45) is -2.94. The van der Waals surface area contributed by atoms with Gasteiger partial charge in [0, 0.05) is 0 Å². The molecule has 0 spiro atoms. The second kappa shape index (κ2) is 4.78. The Morgan fingerprint density at radius 1 is 1.56 bits per heavy atom. The SMILES string of the molecule is COc1ncc([N+](=O)[O-])c(C(F)F)c1S(N)(=O)=O. The van der Waals surface area contributed by atoms with Crippen molar-refractivity contribution in [3.05, 3.63) is 21.9 Å². The Kier molecular flexibility index (Phi) is 3.76. The third kappa shape index (κ3) is 2.51.